The zero-order valence-electron chi connectivity index (χ0n) is 35.6. The van der Waals surface area contributed by atoms with E-state index in [1.165, 1.54) is 43.0 Å². The fourth-order valence-electron chi connectivity index (χ4n) is 12.8. The molecule has 7 N–H and O–H groups in total. The van der Waals surface area contributed by atoms with Gasteiger partial charge in [0.25, 0.3) is 0 Å². The second-order valence-electron chi connectivity index (χ2n) is 19.5. The lowest BCUT2D eigenvalue weighted by molar-refractivity contribution is -0.369. The second-order valence-corrected chi connectivity index (χ2v) is 19.5. The van der Waals surface area contributed by atoms with E-state index in [-0.39, 0.29) is 52.4 Å². The number of ether oxygens (including phenoxy) is 6. The normalized spacial score (nSPS) is 48.0. The number of aliphatic hydroxyl groups is 6. The number of aldehydes is 1. The number of allylic oxidation sites excluding steroid dienone is 2. The number of phenols is 1. The summed E-state index contributed by atoms with van der Waals surface area (Å²) in [5, 5.41) is 75.2. The van der Waals surface area contributed by atoms with Gasteiger partial charge in [-0.3, -0.25) is 0 Å². The van der Waals surface area contributed by atoms with Crippen molar-refractivity contribution in [3.63, 3.8) is 0 Å². The number of fused-ring (bicyclic) bond motifs is 7. The van der Waals surface area contributed by atoms with Gasteiger partial charge in [-0.1, -0.05) is 37.1 Å². The Morgan fingerprint density at radius 1 is 0.885 bits per heavy atom. The maximum absolute atomic E-state index is 13.3. The molecule has 0 radical (unpaired) electrons. The first-order chi connectivity index (χ1) is 29.0. The van der Waals surface area contributed by atoms with Crippen LogP contribution < -0.4 is 0 Å². The van der Waals surface area contributed by atoms with E-state index < -0.39 is 91.8 Å². The molecule has 338 valence electrons. The lowest BCUT2D eigenvalue weighted by Gasteiger charge is -2.58. The van der Waals surface area contributed by atoms with Crippen LogP contribution in [0, 0.1) is 46.3 Å². The van der Waals surface area contributed by atoms with Crippen molar-refractivity contribution >= 4 is 12.3 Å². The maximum atomic E-state index is 13.3. The largest absolute Gasteiger partial charge is 0.508 e. The van der Waals surface area contributed by atoms with Gasteiger partial charge in [0.1, 0.15) is 48.7 Å². The van der Waals surface area contributed by atoms with E-state index in [1.807, 2.05) is 13.8 Å². The van der Waals surface area contributed by atoms with Gasteiger partial charge in [-0.2, -0.15) is 0 Å². The summed E-state index contributed by atoms with van der Waals surface area (Å²) in [4.78, 5) is 26.2. The first-order valence-electron chi connectivity index (χ1n) is 22.1. The van der Waals surface area contributed by atoms with Crippen LogP contribution in [0.3, 0.4) is 0 Å². The molecule has 61 heavy (non-hydrogen) atoms. The molecule has 0 amide bonds. The Morgan fingerprint density at radius 3 is 2.30 bits per heavy atom. The summed E-state index contributed by atoms with van der Waals surface area (Å²) < 4.78 is 36.4. The van der Waals surface area contributed by atoms with Crippen LogP contribution in [0.15, 0.2) is 47.6 Å². The predicted octanol–water partition coefficient (Wildman–Crippen LogP) is 2.90. The minimum absolute atomic E-state index is 0.0340. The average molecular weight is 857 g/mol. The zero-order chi connectivity index (χ0) is 43.7. The van der Waals surface area contributed by atoms with Gasteiger partial charge in [0.2, 0.25) is 0 Å². The highest BCUT2D eigenvalue weighted by Gasteiger charge is 2.66. The van der Waals surface area contributed by atoms with Gasteiger partial charge >= 0.3 is 5.97 Å². The predicted molar refractivity (Wildman–Crippen MR) is 215 cm³/mol. The Balaban J connectivity index is 0.957. The van der Waals surface area contributed by atoms with Crippen LogP contribution in [-0.4, -0.2) is 135 Å². The quantitative estimate of drug-likeness (QED) is 0.108. The first kappa shape index (κ1) is 44.8. The molecule has 3 saturated carbocycles. The smallest absolute Gasteiger partial charge is 0.338 e. The summed E-state index contributed by atoms with van der Waals surface area (Å²) in [6.07, 6.45) is -5.06. The number of aromatic hydroxyl groups is 1. The third kappa shape index (κ3) is 7.83. The molecule has 0 bridgehead atoms. The van der Waals surface area contributed by atoms with E-state index in [9.17, 15) is 45.3 Å². The highest BCUT2D eigenvalue weighted by Crippen LogP contribution is 2.68. The molecule has 1 unspecified atom stereocenters. The Kier molecular flexibility index (Phi) is 12.7. The average Bonchev–Trinajstić information content (AvgIpc) is 3.57. The number of hydrogen-bond donors (Lipinski definition) is 7. The minimum Gasteiger partial charge on any atom is -0.508 e. The van der Waals surface area contributed by atoms with Crippen LogP contribution >= 0.6 is 0 Å². The van der Waals surface area contributed by atoms with Crippen LogP contribution in [-0.2, 0) is 33.2 Å². The molecule has 15 heteroatoms. The van der Waals surface area contributed by atoms with Gasteiger partial charge in [0, 0.05) is 17.3 Å². The summed E-state index contributed by atoms with van der Waals surface area (Å²) in [6.45, 7) is 9.45. The zero-order valence-corrected chi connectivity index (χ0v) is 35.6. The molecule has 0 spiro atoms. The van der Waals surface area contributed by atoms with Crippen molar-refractivity contribution in [3.05, 3.63) is 53.1 Å². The molecule has 3 aliphatic heterocycles. The molecule has 1 aromatic rings. The summed E-state index contributed by atoms with van der Waals surface area (Å²) in [6, 6.07) is 5.33. The van der Waals surface area contributed by atoms with Crippen molar-refractivity contribution in [2.24, 2.45) is 46.3 Å². The van der Waals surface area contributed by atoms with Crippen molar-refractivity contribution in [2.75, 3.05) is 6.61 Å². The number of carbonyl (C=O) groups is 2. The van der Waals surface area contributed by atoms with E-state index in [0.29, 0.717) is 18.8 Å². The van der Waals surface area contributed by atoms with Crippen molar-refractivity contribution in [1.29, 1.82) is 0 Å². The van der Waals surface area contributed by atoms with Gasteiger partial charge in [0.05, 0.1) is 30.5 Å². The van der Waals surface area contributed by atoms with Crippen molar-refractivity contribution < 1.29 is 73.8 Å². The van der Waals surface area contributed by atoms with E-state index in [4.69, 9.17) is 28.4 Å². The lowest BCUT2D eigenvalue weighted by atomic mass is 9.46. The first-order valence-corrected chi connectivity index (χ1v) is 22.1. The van der Waals surface area contributed by atoms with E-state index in [1.54, 1.807) is 0 Å². The molecule has 8 rings (SSSR count). The maximum Gasteiger partial charge on any atom is 0.338 e. The summed E-state index contributed by atoms with van der Waals surface area (Å²) in [5.41, 5.74) is 1.82. The molecule has 0 aromatic heterocycles. The molecule has 15 nitrogen and oxygen atoms in total. The lowest BCUT2D eigenvalue weighted by Crippen LogP contribution is -2.64. The molecular weight excluding hydrogens is 792 g/mol. The standard InChI is InChI=1S/C46H64O15/c1-21(2)16-29-22(3)34-32(58-42(29)55)18-31-28-11-8-25-17-27(12-14-45(25,5)30(28)13-15-46(31,34)20-48)57-44-40(36(51)35(50)33(19-47)59-44)61-43-38(53)37(52)39(23(4)56-43)60-41(54)24-6-9-26(49)10-7-24/h6-10,16,20,22-23,27-40,42-44,47,49-53,55H,11-15,17-19H2,1-5H3/t22-,23+,27+,28-,29-,30+,31+,32+,33-,34+,35-,36+,37-,38-,39+,40-,42-,43?,44-,45+,46-/m1/s1. The fourth-order valence-corrected chi connectivity index (χ4v) is 12.8. The van der Waals surface area contributed by atoms with Crippen LogP contribution in [0.5, 0.6) is 5.75 Å². The van der Waals surface area contributed by atoms with E-state index in [2.05, 4.69) is 26.0 Å². The van der Waals surface area contributed by atoms with Crippen molar-refractivity contribution in [3.8, 4) is 5.75 Å². The molecule has 3 saturated heterocycles. The van der Waals surface area contributed by atoms with Gasteiger partial charge < -0.3 is 69.0 Å². The molecule has 6 fully saturated rings. The Bertz CT molecular complexity index is 1820. The number of rotatable bonds is 9. The molecule has 7 aliphatic rings. The summed E-state index contributed by atoms with van der Waals surface area (Å²) in [5.74, 6) is -0.149. The molecular formula is C46H64O15. The molecule has 21 atom stereocenters. The highest BCUT2D eigenvalue weighted by molar-refractivity contribution is 5.89. The summed E-state index contributed by atoms with van der Waals surface area (Å²) in [7, 11) is 0. The molecule has 4 aliphatic carbocycles. The second kappa shape index (κ2) is 17.3. The van der Waals surface area contributed by atoms with Gasteiger partial charge in [0.15, 0.2) is 25.0 Å². The number of aliphatic hydroxyl groups excluding tert-OH is 6. The fraction of sp³-hybridized carbons (Fsp3) is 0.739. The van der Waals surface area contributed by atoms with E-state index >= 15 is 0 Å². The highest BCUT2D eigenvalue weighted by atomic mass is 16.8. The molecule has 1 aromatic carbocycles. The minimum atomic E-state index is -1.76. The van der Waals surface area contributed by atoms with Crippen LogP contribution in [0.25, 0.3) is 0 Å². The number of benzene rings is 1. The third-order valence-electron chi connectivity index (χ3n) is 15.9. The topological polar surface area (TPSA) is 231 Å². The monoisotopic (exact) mass is 856 g/mol. The van der Waals surface area contributed by atoms with Gasteiger partial charge in [-0.15, -0.1) is 0 Å². The van der Waals surface area contributed by atoms with Gasteiger partial charge in [-0.25, -0.2) is 4.79 Å². The summed E-state index contributed by atoms with van der Waals surface area (Å²) >= 11 is 0. The number of phenolic OH excluding ortho intramolecular Hbond substituents is 1. The molecule has 3 heterocycles. The Morgan fingerprint density at radius 2 is 1.61 bits per heavy atom. The van der Waals surface area contributed by atoms with Crippen molar-refractivity contribution in [1.82, 2.24) is 0 Å². The number of hydrogen-bond acceptors (Lipinski definition) is 15. The van der Waals surface area contributed by atoms with Crippen molar-refractivity contribution in [2.45, 2.75) is 159 Å². The van der Waals surface area contributed by atoms with E-state index in [0.717, 1.165) is 37.7 Å². The van der Waals surface area contributed by atoms with Crippen LogP contribution in [0.1, 0.15) is 89.9 Å². The number of esters is 1. The van der Waals surface area contributed by atoms with Gasteiger partial charge in [-0.05, 0) is 119 Å². The Labute approximate surface area is 356 Å². The van der Waals surface area contributed by atoms with Crippen LogP contribution in [0.4, 0.5) is 0 Å². The number of carbonyl (C=O) groups excluding carboxylic acids is 2. The third-order valence-corrected chi connectivity index (χ3v) is 15.9. The SMILES string of the molecule is CC(C)=C[C@@H]1[C@@H](C)[C@H]2[C@H](C[C@H]3[C@@H]4CC=C5C[C@@H](O[C@@H]6O[C@H](CO)[C@@H](O)[C@H](O)[C@H]6OC6O[C@@H](C)[C@H](OC(=O)c7ccc(O)cc7)[C@H](O)[C@H]6O)CC[C@]5(C)[C@H]4CC[C@]23C=O)O[C@H]1O. The van der Waals surface area contributed by atoms with Crippen LogP contribution in [0.2, 0.25) is 0 Å². The Hall–Kier alpha value is -2.80.